The molecule has 0 aromatic heterocycles. The van der Waals surface area contributed by atoms with Crippen LogP contribution in [0.5, 0.6) is 11.5 Å². The Balaban J connectivity index is 2.18. The second kappa shape index (κ2) is 7.00. The Morgan fingerprint density at radius 2 is 2.15 bits per heavy atom. The Morgan fingerprint density at radius 3 is 2.90 bits per heavy atom. The minimum absolute atomic E-state index is 0.349. The molecule has 1 N–H and O–H groups in total. The topological polar surface area (TPSA) is 30.5 Å². The summed E-state index contributed by atoms with van der Waals surface area (Å²) in [4.78, 5) is 0. The summed E-state index contributed by atoms with van der Waals surface area (Å²) in [6, 6.07) is 4.25. The van der Waals surface area contributed by atoms with Gasteiger partial charge in [0.05, 0.1) is 5.02 Å². The molecule has 3 nitrogen and oxygen atoms in total. The van der Waals surface area contributed by atoms with E-state index < -0.39 is 0 Å². The summed E-state index contributed by atoms with van der Waals surface area (Å²) in [6.07, 6.45) is 3.27. The Kier molecular flexibility index (Phi) is 5.32. The summed E-state index contributed by atoms with van der Waals surface area (Å²) < 4.78 is 11.1. The van der Waals surface area contributed by atoms with Crippen molar-refractivity contribution >= 4 is 17.7 Å². The first-order chi connectivity index (χ1) is 9.61. The average molecular weight is 296 g/mol. The molecular formula is C16H22ClNO2. The molecule has 4 heteroatoms. The molecule has 1 atom stereocenters. The van der Waals surface area contributed by atoms with Crippen LogP contribution in [-0.2, 0) is 0 Å². The molecule has 20 heavy (non-hydrogen) atoms. The van der Waals surface area contributed by atoms with Gasteiger partial charge in [0.1, 0.15) is 13.2 Å². The summed E-state index contributed by atoms with van der Waals surface area (Å²) in [6.45, 7) is 8.61. The fraction of sp³-hybridized carbons (Fsp3) is 0.500. The highest BCUT2D eigenvalue weighted by Crippen LogP contribution is 2.38. The Labute approximate surface area is 125 Å². The van der Waals surface area contributed by atoms with Crippen molar-refractivity contribution in [2.24, 2.45) is 0 Å². The van der Waals surface area contributed by atoms with Crippen molar-refractivity contribution in [3.8, 4) is 11.5 Å². The summed E-state index contributed by atoms with van der Waals surface area (Å²) in [5.41, 5.74) is 2.31. The van der Waals surface area contributed by atoms with E-state index in [2.05, 4.69) is 32.2 Å². The van der Waals surface area contributed by atoms with E-state index in [1.165, 1.54) is 5.57 Å². The lowest BCUT2D eigenvalue weighted by Crippen LogP contribution is -2.27. The van der Waals surface area contributed by atoms with E-state index >= 15 is 0 Å². The molecule has 1 unspecified atom stereocenters. The van der Waals surface area contributed by atoms with Crippen molar-refractivity contribution in [1.29, 1.82) is 0 Å². The number of benzene rings is 1. The Morgan fingerprint density at radius 1 is 1.40 bits per heavy atom. The largest absolute Gasteiger partial charge is 0.486 e. The van der Waals surface area contributed by atoms with Gasteiger partial charge in [0, 0.05) is 6.04 Å². The first-order valence-corrected chi connectivity index (χ1v) is 7.50. The maximum Gasteiger partial charge on any atom is 0.179 e. The number of halogens is 1. The van der Waals surface area contributed by atoms with Crippen LogP contribution in [0.25, 0.3) is 6.08 Å². The molecule has 1 aliphatic rings. The van der Waals surface area contributed by atoms with Crippen molar-refractivity contribution in [1.82, 2.24) is 5.32 Å². The summed E-state index contributed by atoms with van der Waals surface area (Å²) >= 11 is 6.24. The van der Waals surface area contributed by atoms with Crippen LogP contribution in [0, 0.1) is 0 Å². The lowest BCUT2D eigenvalue weighted by molar-refractivity contribution is 0.171. The van der Waals surface area contributed by atoms with Crippen molar-refractivity contribution in [3.63, 3.8) is 0 Å². The third-order valence-electron chi connectivity index (χ3n) is 3.40. The Bertz CT molecular complexity index is 499. The third kappa shape index (κ3) is 3.68. The van der Waals surface area contributed by atoms with Gasteiger partial charge in [-0.15, -0.1) is 0 Å². The highest BCUT2D eigenvalue weighted by atomic mass is 35.5. The van der Waals surface area contributed by atoms with Gasteiger partial charge in [0.15, 0.2) is 11.5 Å². The van der Waals surface area contributed by atoms with Gasteiger partial charge in [-0.3, -0.25) is 0 Å². The lowest BCUT2D eigenvalue weighted by Gasteiger charge is -2.20. The number of fused-ring (bicyclic) bond motifs is 1. The Hall–Kier alpha value is -1.19. The van der Waals surface area contributed by atoms with Crippen molar-refractivity contribution < 1.29 is 9.47 Å². The molecule has 0 bridgehead atoms. The van der Waals surface area contributed by atoms with Crippen LogP contribution in [0.1, 0.15) is 32.8 Å². The molecule has 110 valence electrons. The molecule has 0 aliphatic carbocycles. The fourth-order valence-corrected chi connectivity index (χ4v) is 2.40. The second-order valence-electron chi connectivity index (χ2n) is 5.09. The van der Waals surface area contributed by atoms with Crippen LogP contribution < -0.4 is 14.8 Å². The number of nitrogens with one attached hydrogen (secondary N) is 1. The maximum absolute atomic E-state index is 6.24. The maximum atomic E-state index is 6.24. The van der Waals surface area contributed by atoms with Crippen molar-refractivity contribution in [3.05, 3.63) is 28.3 Å². The zero-order chi connectivity index (χ0) is 14.5. The smallest absolute Gasteiger partial charge is 0.179 e. The molecule has 0 saturated heterocycles. The van der Waals surface area contributed by atoms with Gasteiger partial charge in [0.2, 0.25) is 0 Å². The van der Waals surface area contributed by atoms with Gasteiger partial charge >= 0.3 is 0 Å². The van der Waals surface area contributed by atoms with Crippen LogP contribution in [0.15, 0.2) is 17.7 Å². The first-order valence-electron chi connectivity index (χ1n) is 7.12. The molecule has 2 rings (SSSR count). The van der Waals surface area contributed by atoms with Crippen LogP contribution >= 0.6 is 11.6 Å². The number of hydrogen-bond donors (Lipinski definition) is 1. The van der Waals surface area contributed by atoms with Crippen LogP contribution in [0.2, 0.25) is 5.02 Å². The number of rotatable bonds is 5. The van der Waals surface area contributed by atoms with Gasteiger partial charge in [-0.25, -0.2) is 0 Å². The normalized spacial score (nSPS) is 16.1. The number of hydrogen-bond acceptors (Lipinski definition) is 3. The van der Waals surface area contributed by atoms with Crippen molar-refractivity contribution in [2.75, 3.05) is 19.8 Å². The van der Waals surface area contributed by atoms with Crippen LogP contribution in [0.3, 0.4) is 0 Å². The zero-order valence-corrected chi connectivity index (χ0v) is 13.1. The summed E-state index contributed by atoms with van der Waals surface area (Å²) in [7, 11) is 0. The van der Waals surface area contributed by atoms with Crippen LogP contribution in [0.4, 0.5) is 0 Å². The minimum Gasteiger partial charge on any atom is -0.486 e. The predicted molar refractivity (Wildman–Crippen MR) is 83.8 cm³/mol. The molecule has 1 heterocycles. The van der Waals surface area contributed by atoms with Gasteiger partial charge in [-0.1, -0.05) is 30.2 Å². The summed E-state index contributed by atoms with van der Waals surface area (Å²) in [5, 5.41) is 4.08. The van der Waals surface area contributed by atoms with E-state index in [-0.39, 0.29) is 0 Å². The lowest BCUT2D eigenvalue weighted by atomic mass is 10.1. The quantitative estimate of drug-likeness (QED) is 0.893. The van der Waals surface area contributed by atoms with Gasteiger partial charge in [-0.05, 0) is 44.5 Å². The SMILES string of the molecule is CCCNC(C)/C(C)=C/c1cc(Cl)c2c(c1)OCCO2. The molecule has 0 amide bonds. The van der Waals surface area contributed by atoms with E-state index in [9.17, 15) is 0 Å². The van der Waals surface area contributed by atoms with Crippen molar-refractivity contribution in [2.45, 2.75) is 33.2 Å². The zero-order valence-electron chi connectivity index (χ0n) is 12.3. The number of ether oxygens (including phenoxy) is 2. The van der Waals surface area contributed by atoms with Crippen LogP contribution in [-0.4, -0.2) is 25.8 Å². The molecule has 0 spiro atoms. The highest BCUT2D eigenvalue weighted by molar-refractivity contribution is 6.32. The molecular weight excluding hydrogens is 274 g/mol. The van der Waals surface area contributed by atoms with E-state index in [0.29, 0.717) is 30.0 Å². The fourth-order valence-electron chi connectivity index (χ4n) is 2.12. The molecule has 0 saturated carbocycles. The molecule has 1 aromatic carbocycles. The van der Waals surface area contributed by atoms with Gasteiger partial charge in [-0.2, -0.15) is 0 Å². The van der Waals surface area contributed by atoms with E-state index in [0.717, 1.165) is 24.3 Å². The van der Waals surface area contributed by atoms with E-state index in [4.69, 9.17) is 21.1 Å². The first kappa shape index (κ1) is 15.2. The highest BCUT2D eigenvalue weighted by Gasteiger charge is 2.16. The second-order valence-corrected chi connectivity index (χ2v) is 5.50. The standard InChI is InChI=1S/C16H22ClNO2/c1-4-5-18-12(3)11(2)8-13-9-14(17)16-15(10-13)19-6-7-20-16/h8-10,12,18H,4-7H2,1-3H3/b11-8+. The van der Waals surface area contributed by atoms with Gasteiger partial charge in [0.25, 0.3) is 0 Å². The van der Waals surface area contributed by atoms with Gasteiger partial charge < -0.3 is 14.8 Å². The minimum atomic E-state index is 0.349. The summed E-state index contributed by atoms with van der Waals surface area (Å²) in [5.74, 6) is 1.39. The molecule has 1 aromatic rings. The molecule has 0 fully saturated rings. The molecule has 1 aliphatic heterocycles. The average Bonchev–Trinajstić information content (AvgIpc) is 2.44. The van der Waals surface area contributed by atoms with E-state index in [1.54, 1.807) is 0 Å². The van der Waals surface area contributed by atoms with E-state index in [1.807, 2.05) is 12.1 Å². The molecule has 0 radical (unpaired) electrons. The monoisotopic (exact) mass is 295 g/mol. The third-order valence-corrected chi connectivity index (χ3v) is 3.68. The predicted octanol–water partition coefficient (Wildman–Crippen LogP) is 3.90.